The fraction of sp³-hybridized carbons (Fsp3) is 0.0714. The minimum absolute atomic E-state index is 0.0596. The lowest BCUT2D eigenvalue weighted by Crippen LogP contribution is -2.00. The van der Waals surface area contributed by atoms with Gasteiger partial charge in [-0.05, 0) is 29.3 Å². The number of hydrogen-bond donors (Lipinski definition) is 2. The van der Waals surface area contributed by atoms with Crippen LogP contribution in [0.5, 0.6) is 0 Å². The van der Waals surface area contributed by atoms with Crippen molar-refractivity contribution in [2.45, 2.75) is 6.42 Å². The minimum atomic E-state index is -1.01. The summed E-state index contributed by atoms with van der Waals surface area (Å²) in [5.74, 6) is -1.01. The van der Waals surface area contributed by atoms with Crippen molar-refractivity contribution in [3.63, 3.8) is 0 Å². The minimum Gasteiger partial charge on any atom is -0.477 e. The first-order chi connectivity index (χ1) is 9.24. The zero-order valence-corrected chi connectivity index (χ0v) is 10.00. The molecule has 0 spiro atoms. The van der Waals surface area contributed by atoms with E-state index < -0.39 is 5.97 Å². The number of fused-ring (bicyclic) bond motifs is 1. The Labute approximate surface area is 109 Å². The Kier molecular flexibility index (Phi) is 2.72. The molecular weight excluding hydrogens is 242 g/mol. The number of hydrogen-bond acceptors (Lipinski definition) is 3. The van der Waals surface area contributed by atoms with Crippen LogP contribution >= 0.6 is 0 Å². The topological polar surface area (TPSA) is 78.9 Å². The van der Waals surface area contributed by atoms with Crippen LogP contribution in [-0.2, 0) is 6.42 Å². The van der Waals surface area contributed by atoms with Crippen molar-refractivity contribution in [1.82, 2.24) is 15.0 Å². The lowest BCUT2D eigenvalue weighted by Gasteiger charge is -2.00. The highest BCUT2D eigenvalue weighted by atomic mass is 16.4. The molecule has 2 N–H and O–H groups in total. The van der Waals surface area contributed by atoms with Crippen molar-refractivity contribution in [3.8, 4) is 0 Å². The van der Waals surface area contributed by atoms with E-state index in [-0.39, 0.29) is 5.69 Å². The molecule has 0 aliphatic carbocycles. The Morgan fingerprint density at radius 2 is 2.16 bits per heavy atom. The number of H-pyrrole nitrogens is 1. The number of aromatic amines is 1. The zero-order chi connectivity index (χ0) is 13.2. The Bertz CT molecular complexity index is 732. The standard InChI is InChI=1S/C14H11N3O2/c18-14(19)12-4-3-9(7-16-12)6-10-8-17-13-11(10)2-1-5-15-13/h1-5,7-8H,6H2,(H,15,17)(H,18,19). The van der Waals surface area contributed by atoms with Crippen molar-refractivity contribution in [2.24, 2.45) is 0 Å². The number of rotatable bonds is 3. The fourth-order valence-corrected chi connectivity index (χ4v) is 2.03. The number of nitrogens with zero attached hydrogens (tertiary/aromatic N) is 2. The van der Waals surface area contributed by atoms with Gasteiger partial charge in [-0.25, -0.2) is 14.8 Å². The van der Waals surface area contributed by atoms with Crippen LogP contribution in [-0.4, -0.2) is 26.0 Å². The molecule has 0 aromatic carbocycles. The number of aromatic carboxylic acids is 1. The second kappa shape index (κ2) is 4.53. The van der Waals surface area contributed by atoms with Gasteiger partial charge in [0.05, 0.1) is 0 Å². The number of carbonyl (C=O) groups is 1. The molecule has 0 aliphatic rings. The van der Waals surface area contributed by atoms with Crippen LogP contribution in [0.25, 0.3) is 11.0 Å². The number of nitrogens with one attached hydrogen (secondary N) is 1. The normalized spacial score (nSPS) is 10.7. The molecule has 0 amide bonds. The highest BCUT2D eigenvalue weighted by Crippen LogP contribution is 2.18. The summed E-state index contributed by atoms with van der Waals surface area (Å²) in [6, 6.07) is 7.20. The second-order valence-corrected chi connectivity index (χ2v) is 4.25. The molecule has 0 radical (unpaired) electrons. The van der Waals surface area contributed by atoms with Crippen molar-refractivity contribution in [1.29, 1.82) is 0 Å². The smallest absolute Gasteiger partial charge is 0.354 e. The lowest BCUT2D eigenvalue weighted by molar-refractivity contribution is 0.0690. The van der Waals surface area contributed by atoms with Crippen LogP contribution in [0.15, 0.2) is 42.9 Å². The van der Waals surface area contributed by atoms with Gasteiger partial charge in [0, 0.05) is 30.4 Å². The van der Waals surface area contributed by atoms with Gasteiger partial charge in [-0.3, -0.25) is 0 Å². The van der Waals surface area contributed by atoms with Gasteiger partial charge in [0.15, 0.2) is 0 Å². The van der Waals surface area contributed by atoms with Gasteiger partial charge in [-0.2, -0.15) is 0 Å². The molecule has 0 unspecified atom stereocenters. The fourth-order valence-electron chi connectivity index (χ4n) is 2.03. The summed E-state index contributed by atoms with van der Waals surface area (Å²) in [6.07, 6.45) is 5.95. The SMILES string of the molecule is O=C(O)c1ccc(Cc2c[nH]c3ncccc23)cn1. The summed E-state index contributed by atoms with van der Waals surface area (Å²) < 4.78 is 0. The van der Waals surface area contributed by atoms with Gasteiger partial charge in [-0.15, -0.1) is 0 Å². The molecule has 94 valence electrons. The van der Waals surface area contributed by atoms with Gasteiger partial charge in [0.2, 0.25) is 0 Å². The first-order valence-electron chi connectivity index (χ1n) is 5.83. The maximum absolute atomic E-state index is 10.7. The van der Waals surface area contributed by atoms with Crippen LogP contribution in [0.4, 0.5) is 0 Å². The predicted octanol–water partition coefficient (Wildman–Crippen LogP) is 2.25. The predicted molar refractivity (Wildman–Crippen MR) is 70.1 cm³/mol. The summed E-state index contributed by atoms with van der Waals surface area (Å²) in [5.41, 5.74) is 3.00. The molecule has 0 saturated heterocycles. The summed E-state index contributed by atoms with van der Waals surface area (Å²) in [7, 11) is 0. The Balaban J connectivity index is 1.90. The second-order valence-electron chi connectivity index (χ2n) is 4.25. The first-order valence-corrected chi connectivity index (χ1v) is 5.83. The maximum Gasteiger partial charge on any atom is 0.354 e. The Morgan fingerprint density at radius 1 is 1.26 bits per heavy atom. The number of aromatic nitrogens is 3. The number of carboxylic acid groups (broad SMARTS) is 1. The zero-order valence-electron chi connectivity index (χ0n) is 10.00. The number of pyridine rings is 2. The van der Waals surface area contributed by atoms with E-state index >= 15 is 0 Å². The highest BCUT2D eigenvalue weighted by Gasteiger charge is 2.07. The Morgan fingerprint density at radius 3 is 2.89 bits per heavy atom. The van der Waals surface area contributed by atoms with Gasteiger partial charge < -0.3 is 10.1 Å². The van der Waals surface area contributed by atoms with Gasteiger partial charge in [-0.1, -0.05) is 6.07 Å². The molecule has 3 aromatic heterocycles. The molecule has 0 fully saturated rings. The monoisotopic (exact) mass is 253 g/mol. The Hall–Kier alpha value is -2.69. The van der Waals surface area contributed by atoms with Crippen LogP contribution in [0, 0.1) is 0 Å². The quantitative estimate of drug-likeness (QED) is 0.750. The third kappa shape index (κ3) is 2.18. The lowest BCUT2D eigenvalue weighted by atomic mass is 10.1. The molecule has 0 bridgehead atoms. The summed E-state index contributed by atoms with van der Waals surface area (Å²) in [6.45, 7) is 0. The van der Waals surface area contributed by atoms with Crippen molar-refractivity contribution in [2.75, 3.05) is 0 Å². The summed E-state index contributed by atoms with van der Waals surface area (Å²) in [5, 5.41) is 9.87. The van der Waals surface area contributed by atoms with E-state index in [9.17, 15) is 4.79 Å². The average molecular weight is 253 g/mol. The van der Waals surface area contributed by atoms with E-state index in [4.69, 9.17) is 5.11 Å². The van der Waals surface area contributed by atoms with Crippen LogP contribution < -0.4 is 0 Å². The largest absolute Gasteiger partial charge is 0.477 e. The average Bonchev–Trinajstić information content (AvgIpc) is 2.83. The van der Waals surface area contributed by atoms with E-state index in [1.54, 1.807) is 18.5 Å². The van der Waals surface area contributed by atoms with Gasteiger partial charge in [0.1, 0.15) is 11.3 Å². The molecule has 0 aliphatic heterocycles. The van der Waals surface area contributed by atoms with Crippen LogP contribution in [0.3, 0.4) is 0 Å². The first kappa shape index (κ1) is 11.4. The maximum atomic E-state index is 10.7. The molecule has 19 heavy (non-hydrogen) atoms. The highest BCUT2D eigenvalue weighted by molar-refractivity contribution is 5.85. The third-order valence-corrected chi connectivity index (χ3v) is 2.98. The summed E-state index contributed by atoms with van der Waals surface area (Å²) >= 11 is 0. The molecule has 5 nitrogen and oxygen atoms in total. The van der Waals surface area contributed by atoms with E-state index in [0.717, 1.165) is 22.2 Å². The molecule has 3 heterocycles. The third-order valence-electron chi connectivity index (χ3n) is 2.98. The van der Waals surface area contributed by atoms with Crippen molar-refractivity contribution >= 4 is 17.0 Å². The van der Waals surface area contributed by atoms with Crippen LogP contribution in [0.1, 0.15) is 21.6 Å². The van der Waals surface area contributed by atoms with Gasteiger partial charge in [0.25, 0.3) is 0 Å². The van der Waals surface area contributed by atoms with E-state index in [2.05, 4.69) is 15.0 Å². The van der Waals surface area contributed by atoms with Crippen molar-refractivity contribution in [3.05, 3.63) is 59.7 Å². The molecule has 0 saturated carbocycles. The summed E-state index contributed by atoms with van der Waals surface area (Å²) in [4.78, 5) is 22.0. The van der Waals surface area contributed by atoms with E-state index in [0.29, 0.717) is 6.42 Å². The van der Waals surface area contributed by atoms with Crippen molar-refractivity contribution < 1.29 is 9.90 Å². The molecular formula is C14H11N3O2. The molecule has 3 aromatic rings. The van der Waals surface area contributed by atoms with E-state index in [1.807, 2.05) is 18.3 Å². The van der Waals surface area contributed by atoms with E-state index in [1.165, 1.54) is 6.07 Å². The molecule has 5 heteroatoms. The molecule has 0 atom stereocenters. The van der Waals surface area contributed by atoms with Crippen LogP contribution in [0.2, 0.25) is 0 Å². The van der Waals surface area contributed by atoms with Gasteiger partial charge >= 0.3 is 5.97 Å². The molecule has 3 rings (SSSR count). The number of carboxylic acids is 1.